The molecule has 23 heavy (non-hydrogen) atoms. The maximum atomic E-state index is 11.1. The lowest BCUT2D eigenvalue weighted by molar-refractivity contribution is -0.138. The molecule has 0 bridgehead atoms. The summed E-state index contributed by atoms with van der Waals surface area (Å²) in [6, 6.07) is 15.5. The summed E-state index contributed by atoms with van der Waals surface area (Å²) in [6.45, 7) is 2.86. The van der Waals surface area contributed by atoms with Crippen molar-refractivity contribution in [3.8, 4) is 0 Å². The molecule has 0 amide bonds. The van der Waals surface area contributed by atoms with E-state index in [4.69, 9.17) is 10.8 Å². The van der Waals surface area contributed by atoms with Gasteiger partial charge in [0, 0.05) is 30.1 Å². The molecule has 0 unspecified atom stereocenters. The Bertz CT molecular complexity index is 851. The molecule has 0 saturated carbocycles. The number of nitrogens with zero attached hydrogens (tertiary/aromatic N) is 1. The number of carbonyl (C=O) groups is 1. The van der Waals surface area contributed by atoms with Gasteiger partial charge < -0.3 is 15.4 Å². The lowest BCUT2D eigenvalue weighted by Gasteiger charge is -2.08. The topological polar surface area (TPSA) is 68.2 Å². The van der Waals surface area contributed by atoms with Crippen LogP contribution < -0.4 is 5.73 Å². The Labute approximate surface area is 135 Å². The monoisotopic (exact) mass is 308 g/mol. The Morgan fingerprint density at radius 2 is 1.83 bits per heavy atom. The normalized spacial score (nSPS) is 12.4. The van der Waals surface area contributed by atoms with Crippen molar-refractivity contribution in [2.45, 2.75) is 25.9 Å². The standard InChI is InChI=1S/C19H20N2O2/c1-13-6-2-3-7-14(13)11-21-12-15(10-17(20)19(22)23)16-8-4-5-9-18(16)21/h2-9,12,17H,10-11,20H2,1H3,(H,22,23)/t17-/m0/s1. The van der Waals surface area contributed by atoms with Crippen LogP contribution in [0.2, 0.25) is 0 Å². The Morgan fingerprint density at radius 1 is 1.13 bits per heavy atom. The molecule has 1 heterocycles. The zero-order valence-corrected chi connectivity index (χ0v) is 13.1. The molecule has 1 atom stereocenters. The van der Waals surface area contributed by atoms with Crippen LogP contribution in [0.15, 0.2) is 54.7 Å². The average Bonchev–Trinajstić information content (AvgIpc) is 2.88. The van der Waals surface area contributed by atoms with Crippen molar-refractivity contribution in [1.29, 1.82) is 0 Å². The molecule has 4 nitrogen and oxygen atoms in total. The summed E-state index contributed by atoms with van der Waals surface area (Å²) >= 11 is 0. The molecule has 0 aliphatic rings. The summed E-state index contributed by atoms with van der Waals surface area (Å²) in [5.74, 6) is -0.972. The van der Waals surface area contributed by atoms with E-state index in [0.29, 0.717) is 6.42 Å². The van der Waals surface area contributed by atoms with Crippen LogP contribution in [0, 0.1) is 6.92 Å². The Kier molecular flexibility index (Phi) is 4.17. The highest BCUT2D eigenvalue weighted by Crippen LogP contribution is 2.24. The third-order valence-corrected chi connectivity index (χ3v) is 4.23. The Balaban J connectivity index is 2.01. The second-order valence-corrected chi connectivity index (χ2v) is 5.87. The number of carboxylic acid groups (broad SMARTS) is 1. The zero-order chi connectivity index (χ0) is 16.4. The molecule has 3 N–H and O–H groups in total. The van der Waals surface area contributed by atoms with Crippen LogP contribution in [0.1, 0.15) is 16.7 Å². The van der Waals surface area contributed by atoms with Crippen molar-refractivity contribution in [3.05, 3.63) is 71.4 Å². The van der Waals surface area contributed by atoms with Crippen molar-refractivity contribution < 1.29 is 9.90 Å². The Morgan fingerprint density at radius 3 is 2.57 bits per heavy atom. The van der Waals surface area contributed by atoms with Gasteiger partial charge in [0.15, 0.2) is 0 Å². The quantitative estimate of drug-likeness (QED) is 0.761. The summed E-state index contributed by atoms with van der Waals surface area (Å²) in [6.07, 6.45) is 2.36. The van der Waals surface area contributed by atoms with Crippen molar-refractivity contribution in [2.24, 2.45) is 5.73 Å². The summed E-state index contributed by atoms with van der Waals surface area (Å²) in [4.78, 5) is 11.1. The van der Waals surface area contributed by atoms with Crippen LogP contribution in [-0.2, 0) is 17.8 Å². The largest absolute Gasteiger partial charge is 0.480 e. The van der Waals surface area contributed by atoms with Crippen molar-refractivity contribution in [3.63, 3.8) is 0 Å². The van der Waals surface area contributed by atoms with Gasteiger partial charge in [0.25, 0.3) is 0 Å². The number of aromatic nitrogens is 1. The number of aliphatic carboxylic acids is 1. The van der Waals surface area contributed by atoms with Crippen LogP contribution in [0.4, 0.5) is 0 Å². The van der Waals surface area contributed by atoms with E-state index in [-0.39, 0.29) is 0 Å². The number of hydrogen-bond acceptors (Lipinski definition) is 2. The predicted molar refractivity (Wildman–Crippen MR) is 91.5 cm³/mol. The van der Waals surface area contributed by atoms with E-state index >= 15 is 0 Å². The summed E-state index contributed by atoms with van der Waals surface area (Å²) < 4.78 is 2.17. The molecule has 3 aromatic rings. The summed E-state index contributed by atoms with van der Waals surface area (Å²) in [5.41, 5.74) is 10.3. The zero-order valence-electron chi connectivity index (χ0n) is 13.1. The fraction of sp³-hybridized carbons (Fsp3) is 0.211. The molecule has 0 aliphatic carbocycles. The summed E-state index contributed by atoms with van der Waals surface area (Å²) in [5, 5.41) is 10.1. The third-order valence-electron chi connectivity index (χ3n) is 4.23. The maximum Gasteiger partial charge on any atom is 0.320 e. The number of aryl methyl sites for hydroxylation is 1. The summed E-state index contributed by atoms with van der Waals surface area (Å²) in [7, 11) is 0. The lowest BCUT2D eigenvalue weighted by atomic mass is 10.1. The van der Waals surface area contributed by atoms with Gasteiger partial charge in [0.05, 0.1) is 0 Å². The number of carboxylic acids is 1. The Hall–Kier alpha value is -2.59. The first-order chi connectivity index (χ1) is 11.1. The third kappa shape index (κ3) is 3.12. The first-order valence-electron chi connectivity index (χ1n) is 7.66. The molecule has 0 fully saturated rings. The first kappa shape index (κ1) is 15.3. The molecule has 1 aromatic heterocycles. The van der Waals surface area contributed by atoms with Gasteiger partial charge in [0.1, 0.15) is 6.04 Å². The van der Waals surface area contributed by atoms with E-state index in [0.717, 1.165) is 23.0 Å². The van der Waals surface area contributed by atoms with E-state index in [9.17, 15) is 4.79 Å². The second-order valence-electron chi connectivity index (χ2n) is 5.87. The number of nitrogens with two attached hydrogens (primary N) is 1. The molecule has 118 valence electrons. The van der Waals surface area contributed by atoms with E-state index in [1.54, 1.807) is 0 Å². The van der Waals surface area contributed by atoms with Gasteiger partial charge in [-0.3, -0.25) is 4.79 Å². The highest BCUT2D eigenvalue weighted by atomic mass is 16.4. The van der Waals surface area contributed by atoms with Gasteiger partial charge in [-0.15, -0.1) is 0 Å². The number of benzene rings is 2. The predicted octanol–water partition coefficient (Wildman–Crippen LogP) is 2.95. The molecule has 2 aromatic carbocycles. The fourth-order valence-corrected chi connectivity index (χ4v) is 2.91. The molecule has 0 aliphatic heterocycles. The van der Waals surface area contributed by atoms with Gasteiger partial charge in [-0.2, -0.15) is 0 Å². The number of fused-ring (bicyclic) bond motifs is 1. The van der Waals surface area contributed by atoms with Gasteiger partial charge in [-0.05, 0) is 29.7 Å². The van der Waals surface area contributed by atoms with Gasteiger partial charge >= 0.3 is 5.97 Å². The smallest absolute Gasteiger partial charge is 0.320 e. The van der Waals surface area contributed by atoms with E-state index < -0.39 is 12.0 Å². The van der Waals surface area contributed by atoms with Crippen molar-refractivity contribution in [1.82, 2.24) is 4.57 Å². The minimum Gasteiger partial charge on any atom is -0.480 e. The second kappa shape index (κ2) is 6.26. The van der Waals surface area contributed by atoms with Gasteiger partial charge in [0.2, 0.25) is 0 Å². The van der Waals surface area contributed by atoms with E-state index in [1.807, 2.05) is 36.5 Å². The highest BCUT2D eigenvalue weighted by Gasteiger charge is 2.16. The lowest BCUT2D eigenvalue weighted by Crippen LogP contribution is -2.32. The van der Waals surface area contributed by atoms with E-state index in [2.05, 4.69) is 29.7 Å². The molecule has 0 radical (unpaired) electrons. The van der Waals surface area contributed by atoms with Gasteiger partial charge in [-0.1, -0.05) is 42.5 Å². The van der Waals surface area contributed by atoms with Crippen LogP contribution >= 0.6 is 0 Å². The minimum absolute atomic E-state index is 0.330. The van der Waals surface area contributed by atoms with Crippen LogP contribution in [0.5, 0.6) is 0 Å². The van der Waals surface area contributed by atoms with Crippen molar-refractivity contribution >= 4 is 16.9 Å². The molecule has 0 saturated heterocycles. The van der Waals surface area contributed by atoms with Crippen LogP contribution in [0.3, 0.4) is 0 Å². The van der Waals surface area contributed by atoms with E-state index in [1.165, 1.54) is 11.1 Å². The molecular weight excluding hydrogens is 288 g/mol. The fourth-order valence-electron chi connectivity index (χ4n) is 2.91. The van der Waals surface area contributed by atoms with Crippen molar-refractivity contribution in [2.75, 3.05) is 0 Å². The molecular formula is C19H20N2O2. The SMILES string of the molecule is Cc1ccccc1Cn1cc(C[C@H](N)C(=O)O)c2ccccc21. The number of para-hydroxylation sites is 1. The molecule has 0 spiro atoms. The number of hydrogen-bond donors (Lipinski definition) is 2. The van der Waals surface area contributed by atoms with Gasteiger partial charge in [-0.25, -0.2) is 0 Å². The number of rotatable bonds is 5. The maximum absolute atomic E-state index is 11.1. The van der Waals surface area contributed by atoms with Crippen LogP contribution in [-0.4, -0.2) is 21.7 Å². The molecule has 3 rings (SSSR count). The minimum atomic E-state index is -0.972. The first-order valence-corrected chi connectivity index (χ1v) is 7.66. The van der Waals surface area contributed by atoms with Crippen LogP contribution in [0.25, 0.3) is 10.9 Å². The highest BCUT2D eigenvalue weighted by molar-refractivity contribution is 5.85. The average molecular weight is 308 g/mol. The molecule has 4 heteroatoms.